The molecular weight excluding hydrogens is 390 g/mol. The van der Waals surface area contributed by atoms with Crippen LogP contribution in [0.1, 0.15) is 20.0 Å². The number of nitrogens with one attached hydrogen (secondary N) is 3. The third kappa shape index (κ3) is 3.70. The molecule has 3 N–H and O–H groups in total. The Morgan fingerprint density at radius 2 is 1.73 bits per heavy atom. The van der Waals surface area contributed by atoms with Crippen molar-refractivity contribution in [1.29, 1.82) is 0 Å². The van der Waals surface area contributed by atoms with E-state index in [4.69, 9.17) is 23.8 Å². The Kier molecular flexibility index (Phi) is 5.51. The van der Waals surface area contributed by atoms with Crippen molar-refractivity contribution in [2.45, 2.75) is 0 Å². The molecule has 0 saturated heterocycles. The molecule has 0 unspecified atom stereocenters. The van der Waals surface area contributed by atoms with Crippen molar-refractivity contribution in [3.05, 3.63) is 64.0 Å². The monoisotopic (exact) mass is 403 g/mol. The minimum atomic E-state index is -0.397. The van der Waals surface area contributed by atoms with Crippen LogP contribution >= 0.6 is 35.2 Å². The number of amides is 2. The van der Waals surface area contributed by atoms with Crippen molar-refractivity contribution in [2.24, 2.45) is 0 Å². The molecule has 0 radical (unpaired) electrons. The number of rotatable bonds is 3. The lowest BCUT2D eigenvalue weighted by Crippen LogP contribution is -2.34. The molecule has 0 aliphatic heterocycles. The second-order valence-corrected chi connectivity index (χ2v) is 7.11. The average molecular weight is 404 g/mol. The molecule has 3 rings (SSSR count). The summed E-state index contributed by atoms with van der Waals surface area (Å²) < 4.78 is 0.923. The molecule has 26 heavy (non-hydrogen) atoms. The summed E-state index contributed by atoms with van der Waals surface area (Å²) >= 11 is 12.8. The zero-order valence-electron chi connectivity index (χ0n) is 13.6. The third-order valence-corrected chi connectivity index (χ3v) is 5.49. The van der Waals surface area contributed by atoms with Crippen LogP contribution in [0.15, 0.2) is 48.5 Å². The second-order valence-electron chi connectivity index (χ2n) is 5.27. The van der Waals surface area contributed by atoms with Crippen LogP contribution in [-0.4, -0.2) is 24.0 Å². The number of anilines is 1. The number of para-hydroxylation sites is 1. The lowest BCUT2D eigenvalue weighted by atomic mass is 10.1. The van der Waals surface area contributed by atoms with Crippen LogP contribution in [0.2, 0.25) is 5.02 Å². The highest BCUT2D eigenvalue weighted by atomic mass is 35.5. The van der Waals surface area contributed by atoms with Gasteiger partial charge in [0.2, 0.25) is 0 Å². The number of carbonyl (C=O) groups excluding carboxylic acids is 2. The molecule has 2 aromatic carbocycles. The van der Waals surface area contributed by atoms with Crippen molar-refractivity contribution in [1.82, 2.24) is 10.6 Å². The van der Waals surface area contributed by atoms with Crippen LogP contribution in [0.3, 0.4) is 0 Å². The van der Waals surface area contributed by atoms with Crippen LogP contribution < -0.4 is 16.0 Å². The molecule has 132 valence electrons. The molecule has 2 amide bonds. The molecule has 1 heterocycles. The van der Waals surface area contributed by atoms with Gasteiger partial charge in [-0.1, -0.05) is 41.9 Å². The summed E-state index contributed by atoms with van der Waals surface area (Å²) in [6.07, 6.45) is 0. The molecule has 0 aliphatic carbocycles. The van der Waals surface area contributed by atoms with Gasteiger partial charge in [-0.2, -0.15) is 0 Å². The van der Waals surface area contributed by atoms with E-state index in [9.17, 15) is 9.59 Å². The maximum atomic E-state index is 12.5. The Morgan fingerprint density at radius 1 is 1.04 bits per heavy atom. The zero-order valence-corrected chi connectivity index (χ0v) is 16.0. The Morgan fingerprint density at radius 3 is 2.46 bits per heavy atom. The lowest BCUT2D eigenvalue weighted by Gasteiger charge is -2.12. The second kappa shape index (κ2) is 7.82. The first kappa shape index (κ1) is 18.3. The van der Waals surface area contributed by atoms with E-state index in [0.717, 1.165) is 10.1 Å². The van der Waals surface area contributed by atoms with E-state index in [1.54, 1.807) is 31.3 Å². The van der Waals surface area contributed by atoms with Crippen molar-refractivity contribution in [2.75, 3.05) is 12.4 Å². The number of fused-ring (bicyclic) bond motifs is 1. The summed E-state index contributed by atoms with van der Waals surface area (Å²) in [5, 5.41) is 9.35. The molecule has 0 bridgehead atoms. The average Bonchev–Trinajstić information content (AvgIpc) is 2.98. The summed E-state index contributed by atoms with van der Waals surface area (Å²) in [5.74, 6) is -0.652. The van der Waals surface area contributed by atoms with Crippen molar-refractivity contribution in [3.63, 3.8) is 0 Å². The maximum Gasteiger partial charge on any atom is 0.269 e. The fourth-order valence-electron chi connectivity index (χ4n) is 2.40. The van der Waals surface area contributed by atoms with E-state index >= 15 is 0 Å². The summed E-state index contributed by atoms with van der Waals surface area (Å²) in [6.45, 7) is 0. The number of carbonyl (C=O) groups is 2. The van der Waals surface area contributed by atoms with Gasteiger partial charge in [0.05, 0.1) is 16.3 Å². The van der Waals surface area contributed by atoms with E-state index in [1.165, 1.54) is 11.3 Å². The van der Waals surface area contributed by atoms with Gasteiger partial charge in [0.25, 0.3) is 11.8 Å². The van der Waals surface area contributed by atoms with E-state index in [0.29, 0.717) is 21.2 Å². The molecule has 3 aromatic rings. The molecule has 1 aromatic heterocycles. The molecule has 0 saturated carbocycles. The molecule has 5 nitrogen and oxygen atoms in total. The van der Waals surface area contributed by atoms with E-state index in [1.807, 2.05) is 24.3 Å². The molecule has 0 aliphatic rings. The topological polar surface area (TPSA) is 70.2 Å². The van der Waals surface area contributed by atoms with E-state index in [2.05, 4.69) is 16.0 Å². The first-order chi connectivity index (χ1) is 12.5. The standard InChI is InChI=1S/C18H14ClN3O2S2/c1-20-16(23)10-6-2-4-8-12(10)21-18(25)22-17(24)15-14(19)11-7-3-5-9-13(11)26-15/h2-9H,1H3,(H,20,23)(H2,21,22,24,25). The minimum absolute atomic E-state index is 0.0832. The number of hydrogen-bond acceptors (Lipinski definition) is 4. The van der Waals surface area contributed by atoms with Gasteiger partial charge in [0.1, 0.15) is 4.88 Å². The Hall–Kier alpha value is -2.48. The molecule has 0 atom stereocenters. The van der Waals surface area contributed by atoms with Crippen LogP contribution in [-0.2, 0) is 0 Å². The summed E-state index contributed by atoms with van der Waals surface area (Å²) in [6, 6.07) is 14.4. The maximum absolute atomic E-state index is 12.5. The normalized spacial score (nSPS) is 10.4. The highest BCUT2D eigenvalue weighted by Gasteiger charge is 2.18. The molecule has 8 heteroatoms. The quantitative estimate of drug-likeness (QED) is 0.577. The first-order valence-corrected chi connectivity index (χ1v) is 9.22. The van der Waals surface area contributed by atoms with Gasteiger partial charge >= 0.3 is 0 Å². The van der Waals surface area contributed by atoms with Crippen molar-refractivity contribution < 1.29 is 9.59 Å². The molecule has 0 spiro atoms. The Labute approximate surface area is 164 Å². The van der Waals surface area contributed by atoms with Crippen molar-refractivity contribution in [3.8, 4) is 0 Å². The summed E-state index contributed by atoms with van der Waals surface area (Å²) in [5.41, 5.74) is 0.922. The molecular formula is C18H14ClN3O2S2. The number of thiophene rings is 1. The Balaban J connectivity index is 1.77. The van der Waals surface area contributed by atoms with Crippen LogP contribution in [0.25, 0.3) is 10.1 Å². The number of hydrogen-bond donors (Lipinski definition) is 3. The molecule has 0 fully saturated rings. The number of thiocarbonyl (C=S) groups is 1. The predicted molar refractivity (Wildman–Crippen MR) is 110 cm³/mol. The minimum Gasteiger partial charge on any atom is -0.355 e. The fourth-order valence-corrected chi connectivity index (χ4v) is 4.01. The van der Waals surface area contributed by atoms with Crippen LogP contribution in [0, 0.1) is 0 Å². The third-order valence-electron chi connectivity index (χ3n) is 3.62. The van der Waals surface area contributed by atoms with Gasteiger partial charge in [-0.3, -0.25) is 14.9 Å². The van der Waals surface area contributed by atoms with Gasteiger partial charge in [-0.05, 0) is 30.4 Å². The SMILES string of the molecule is CNC(=O)c1ccccc1NC(=S)NC(=O)c1sc2ccccc2c1Cl. The number of benzene rings is 2. The van der Waals surface area contributed by atoms with Crippen LogP contribution in [0.5, 0.6) is 0 Å². The van der Waals surface area contributed by atoms with Gasteiger partial charge in [0, 0.05) is 17.1 Å². The van der Waals surface area contributed by atoms with Gasteiger partial charge < -0.3 is 10.6 Å². The van der Waals surface area contributed by atoms with Gasteiger partial charge in [-0.25, -0.2) is 0 Å². The van der Waals surface area contributed by atoms with E-state index < -0.39 is 5.91 Å². The largest absolute Gasteiger partial charge is 0.355 e. The smallest absolute Gasteiger partial charge is 0.269 e. The zero-order chi connectivity index (χ0) is 18.7. The summed E-state index contributed by atoms with van der Waals surface area (Å²) in [4.78, 5) is 24.8. The van der Waals surface area contributed by atoms with Gasteiger partial charge in [0.15, 0.2) is 5.11 Å². The lowest BCUT2D eigenvalue weighted by molar-refractivity contribution is 0.0961. The highest BCUT2D eigenvalue weighted by Crippen LogP contribution is 2.34. The summed E-state index contributed by atoms with van der Waals surface area (Å²) in [7, 11) is 1.54. The van der Waals surface area contributed by atoms with Crippen LogP contribution in [0.4, 0.5) is 5.69 Å². The van der Waals surface area contributed by atoms with Gasteiger partial charge in [-0.15, -0.1) is 11.3 Å². The van der Waals surface area contributed by atoms with E-state index in [-0.39, 0.29) is 11.0 Å². The Bertz CT molecular complexity index is 1020. The highest BCUT2D eigenvalue weighted by molar-refractivity contribution is 7.80. The fraction of sp³-hybridized carbons (Fsp3) is 0.0556. The predicted octanol–water partition coefficient (Wildman–Crippen LogP) is 4.04. The first-order valence-electron chi connectivity index (χ1n) is 7.61. The van der Waals surface area contributed by atoms with Crippen molar-refractivity contribution >= 4 is 67.9 Å². The number of halogens is 1.